The number of rotatable bonds is 4. The molecular formula is C17H14O3S. The van der Waals surface area contributed by atoms with Crippen molar-refractivity contribution in [2.75, 3.05) is 0 Å². The van der Waals surface area contributed by atoms with Crippen molar-refractivity contribution in [3.8, 4) is 0 Å². The number of carbonyl (C=O) groups excluding carboxylic acids is 1. The normalized spacial score (nSPS) is 12.6. The minimum atomic E-state index is -0.939. The second-order valence-electron chi connectivity index (χ2n) is 5.18. The van der Waals surface area contributed by atoms with E-state index in [1.54, 1.807) is 24.3 Å². The number of carboxylic acids is 1. The molecule has 4 heteroatoms. The van der Waals surface area contributed by atoms with Crippen molar-refractivity contribution < 1.29 is 14.7 Å². The van der Waals surface area contributed by atoms with Gasteiger partial charge in [0.1, 0.15) is 0 Å². The maximum atomic E-state index is 12.2. The first-order valence-electron chi connectivity index (χ1n) is 6.73. The Labute approximate surface area is 125 Å². The molecule has 1 heterocycles. The van der Waals surface area contributed by atoms with Crippen LogP contribution in [0.2, 0.25) is 0 Å². The Kier molecular flexibility index (Phi) is 3.47. The Hall–Kier alpha value is -2.20. The fraction of sp³-hybridized carbons (Fsp3) is 0.176. The smallest absolute Gasteiger partial charge is 0.306 e. The second kappa shape index (κ2) is 5.30. The van der Waals surface area contributed by atoms with Gasteiger partial charge in [-0.15, -0.1) is 11.3 Å². The zero-order valence-electron chi connectivity index (χ0n) is 11.5. The lowest BCUT2D eigenvalue weighted by Gasteiger charge is -2.05. The summed E-state index contributed by atoms with van der Waals surface area (Å²) in [6.07, 6.45) is 0.0307. The molecule has 0 aliphatic heterocycles. The van der Waals surface area contributed by atoms with Crippen LogP contribution in [0.5, 0.6) is 0 Å². The van der Waals surface area contributed by atoms with Gasteiger partial charge in [0.25, 0.3) is 0 Å². The monoisotopic (exact) mass is 298 g/mol. The van der Waals surface area contributed by atoms with E-state index in [0.29, 0.717) is 5.56 Å². The lowest BCUT2D eigenvalue weighted by Crippen LogP contribution is -2.14. The number of Topliss-reactive ketones (excluding diaryl/α,β-unsaturated/α-hetero) is 1. The molecule has 0 aliphatic carbocycles. The van der Waals surface area contributed by atoms with Gasteiger partial charge >= 0.3 is 5.97 Å². The van der Waals surface area contributed by atoms with Crippen molar-refractivity contribution in [3.05, 3.63) is 48.0 Å². The van der Waals surface area contributed by atoms with E-state index in [9.17, 15) is 9.59 Å². The summed E-state index contributed by atoms with van der Waals surface area (Å²) in [4.78, 5) is 23.1. The third-order valence-electron chi connectivity index (χ3n) is 3.61. The standard InChI is InChI=1S/C17H14O3S/c1-10(17(19)20)8-14(18)11-6-7-16-13(9-11)12-4-2-3-5-15(12)21-16/h2-7,9-10H,8H2,1H3,(H,19,20)/t10-/m1/s1. The molecule has 3 nitrogen and oxygen atoms in total. The first kappa shape index (κ1) is 13.8. The molecule has 2 aromatic carbocycles. The molecule has 0 unspecified atom stereocenters. The van der Waals surface area contributed by atoms with Gasteiger partial charge in [-0.25, -0.2) is 0 Å². The summed E-state index contributed by atoms with van der Waals surface area (Å²) < 4.78 is 2.33. The maximum absolute atomic E-state index is 12.2. The summed E-state index contributed by atoms with van der Waals surface area (Å²) in [5.41, 5.74) is 0.583. The van der Waals surface area contributed by atoms with Crippen molar-refractivity contribution in [1.82, 2.24) is 0 Å². The van der Waals surface area contributed by atoms with E-state index >= 15 is 0 Å². The van der Waals surface area contributed by atoms with Crippen LogP contribution in [0.4, 0.5) is 0 Å². The number of hydrogen-bond donors (Lipinski definition) is 1. The molecule has 0 saturated carbocycles. The van der Waals surface area contributed by atoms with Crippen LogP contribution in [0.15, 0.2) is 42.5 Å². The summed E-state index contributed by atoms with van der Waals surface area (Å²) in [5, 5.41) is 11.1. The molecule has 1 atom stereocenters. The molecule has 106 valence electrons. The summed E-state index contributed by atoms with van der Waals surface area (Å²) in [7, 11) is 0. The largest absolute Gasteiger partial charge is 0.481 e. The number of carbonyl (C=O) groups is 2. The van der Waals surface area contributed by atoms with Crippen LogP contribution in [-0.4, -0.2) is 16.9 Å². The van der Waals surface area contributed by atoms with E-state index in [2.05, 4.69) is 6.07 Å². The van der Waals surface area contributed by atoms with Crippen molar-refractivity contribution in [1.29, 1.82) is 0 Å². The molecule has 0 saturated heterocycles. The second-order valence-corrected chi connectivity index (χ2v) is 6.26. The van der Waals surface area contributed by atoms with Crippen LogP contribution in [0, 0.1) is 5.92 Å². The Balaban J connectivity index is 2.02. The quantitative estimate of drug-likeness (QED) is 0.729. The van der Waals surface area contributed by atoms with E-state index in [-0.39, 0.29) is 12.2 Å². The molecule has 0 fully saturated rings. The van der Waals surface area contributed by atoms with Gasteiger partial charge < -0.3 is 5.11 Å². The highest BCUT2D eigenvalue weighted by Crippen LogP contribution is 2.34. The van der Waals surface area contributed by atoms with Gasteiger partial charge in [-0.05, 0) is 24.3 Å². The molecule has 3 rings (SSSR count). The van der Waals surface area contributed by atoms with Crippen molar-refractivity contribution in [2.45, 2.75) is 13.3 Å². The highest BCUT2D eigenvalue weighted by Gasteiger charge is 2.17. The number of ketones is 1. The number of fused-ring (bicyclic) bond motifs is 3. The molecule has 3 aromatic rings. The highest BCUT2D eigenvalue weighted by atomic mass is 32.1. The van der Waals surface area contributed by atoms with Crippen molar-refractivity contribution >= 4 is 43.3 Å². The van der Waals surface area contributed by atoms with E-state index in [1.807, 2.05) is 30.3 Å². The summed E-state index contributed by atoms with van der Waals surface area (Å²) >= 11 is 1.70. The van der Waals surface area contributed by atoms with Crippen LogP contribution >= 0.6 is 11.3 Å². The van der Waals surface area contributed by atoms with Gasteiger partial charge in [0.15, 0.2) is 5.78 Å². The molecule has 21 heavy (non-hydrogen) atoms. The summed E-state index contributed by atoms with van der Waals surface area (Å²) in [6.45, 7) is 1.55. The zero-order chi connectivity index (χ0) is 15.0. The van der Waals surface area contributed by atoms with Crippen LogP contribution in [0.3, 0.4) is 0 Å². The molecule has 0 bridgehead atoms. The average Bonchev–Trinajstić information content (AvgIpc) is 2.84. The highest BCUT2D eigenvalue weighted by molar-refractivity contribution is 7.25. The lowest BCUT2D eigenvalue weighted by molar-refractivity contribution is -0.141. The fourth-order valence-corrected chi connectivity index (χ4v) is 3.47. The van der Waals surface area contributed by atoms with Gasteiger partial charge in [0.05, 0.1) is 5.92 Å². The molecule has 0 aliphatic rings. The Morgan fingerprint density at radius 3 is 2.57 bits per heavy atom. The van der Waals surface area contributed by atoms with E-state index in [0.717, 1.165) is 15.5 Å². The Morgan fingerprint density at radius 1 is 1.10 bits per heavy atom. The Bertz CT molecular complexity index is 847. The first-order chi connectivity index (χ1) is 10.1. The van der Waals surface area contributed by atoms with Crippen LogP contribution in [0.1, 0.15) is 23.7 Å². The Morgan fingerprint density at radius 2 is 1.81 bits per heavy atom. The molecule has 0 amide bonds. The van der Waals surface area contributed by atoms with Gasteiger partial charge in [-0.1, -0.05) is 25.1 Å². The number of hydrogen-bond acceptors (Lipinski definition) is 3. The number of carboxylic acid groups (broad SMARTS) is 1. The van der Waals surface area contributed by atoms with Gasteiger partial charge in [0.2, 0.25) is 0 Å². The van der Waals surface area contributed by atoms with Crippen LogP contribution < -0.4 is 0 Å². The maximum Gasteiger partial charge on any atom is 0.306 e. The topological polar surface area (TPSA) is 54.4 Å². The van der Waals surface area contributed by atoms with Gasteiger partial charge in [-0.3, -0.25) is 9.59 Å². The minimum Gasteiger partial charge on any atom is -0.481 e. The first-order valence-corrected chi connectivity index (χ1v) is 7.55. The predicted molar refractivity (Wildman–Crippen MR) is 85.1 cm³/mol. The molecule has 0 spiro atoms. The third kappa shape index (κ3) is 2.54. The number of aliphatic carboxylic acids is 1. The minimum absolute atomic E-state index is 0.0307. The summed E-state index contributed by atoms with van der Waals surface area (Å²) in [5.74, 6) is -1.72. The molecular weight excluding hydrogens is 284 g/mol. The zero-order valence-corrected chi connectivity index (χ0v) is 12.3. The van der Waals surface area contributed by atoms with Crippen LogP contribution in [-0.2, 0) is 4.79 Å². The molecule has 1 N–H and O–H groups in total. The van der Waals surface area contributed by atoms with Gasteiger partial charge in [-0.2, -0.15) is 0 Å². The average molecular weight is 298 g/mol. The van der Waals surface area contributed by atoms with Gasteiger partial charge in [0, 0.05) is 32.2 Å². The molecule has 0 radical (unpaired) electrons. The number of benzene rings is 2. The van der Waals surface area contributed by atoms with E-state index < -0.39 is 11.9 Å². The predicted octanol–water partition coefficient (Wildman–Crippen LogP) is 4.35. The molecule has 1 aromatic heterocycles. The third-order valence-corrected chi connectivity index (χ3v) is 4.76. The van der Waals surface area contributed by atoms with Crippen molar-refractivity contribution in [3.63, 3.8) is 0 Å². The van der Waals surface area contributed by atoms with Crippen LogP contribution in [0.25, 0.3) is 20.2 Å². The number of thiophene rings is 1. The SMILES string of the molecule is C[C@H](CC(=O)c1ccc2sc3ccccc3c2c1)C(=O)O. The summed E-state index contributed by atoms with van der Waals surface area (Å²) in [6, 6.07) is 13.7. The van der Waals surface area contributed by atoms with Crippen molar-refractivity contribution in [2.24, 2.45) is 5.92 Å². The fourth-order valence-electron chi connectivity index (χ4n) is 2.38. The van der Waals surface area contributed by atoms with E-state index in [1.165, 1.54) is 4.70 Å². The lowest BCUT2D eigenvalue weighted by atomic mass is 9.98. The van der Waals surface area contributed by atoms with E-state index in [4.69, 9.17) is 5.11 Å².